The van der Waals surface area contributed by atoms with Crippen LogP contribution < -0.4 is 4.89 Å². The van der Waals surface area contributed by atoms with Crippen LogP contribution in [0.25, 0.3) is 0 Å². The summed E-state index contributed by atoms with van der Waals surface area (Å²) in [5, 5.41) is 0. The van der Waals surface area contributed by atoms with Crippen molar-refractivity contribution in [3.8, 4) is 0 Å². The highest BCUT2D eigenvalue weighted by atomic mass is 31.2. The predicted molar refractivity (Wildman–Crippen MR) is 388 cm³/mol. The smallest absolute Gasteiger partial charge is 0.306 e. The van der Waals surface area contributed by atoms with Crippen LogP contribution in [0.15, 0.2) is 24.3 Å². The van der Waals surface area contributed by atoms with Gasteiger partial charge in [-0.15, -0.1) is 0 Å². The van der Waals surface area contributed by atoms with Gasteiger partial charge in [-0.2, -0.15) is 0 Å². The summed E-state index contributed by atoms with van der Waals surface area (Å²) in [4.78, 5) is 38.2. The van der Waals surface area contributed by atoms with Crippen molar-refractivity contribution < 1.29 is 42.1 Å². The Hall–Kier alpha value is -1.51. The Balaban J connectivity index is 3.89. The van der Waals surface area contributed by atoms with Crippen LogP contribution in [0.4, 0.5) is 0 Å². The van der Waals surface area contributed by atoms with Crippen LogP contribution in [0.2, 0.25) is 0 Å². The number of carbonyl (C=O) groups is 2. The molecule has 0 heterocycles. The largest absolute Gasteiger partial charge is 0.756 e. The SMILES string of the molecule is CCCCCCC/C=C\C/C=C\CCCCCCCCCCCCCCCCCCCCCCCCCCCC(=O)OC(COC(=O)CCCCCCCCCCCCCCCCCCCCCCCCCCCCCCC)COP(=O)([O-])OCC[N+](C)(C)C. The summed E-state index contributed by atoms with van der Waals surface area (Å²) >= 11 is 0. The molecule has 0 saturated heterocycles. The number of unbranched alkanes of at least 4 members (excludes halogenated alkanes) is 58. The number of hydrogen-bond acceptors (Lipinski definition) is 8. The average molecular weight is 1290 g/mol. The quantitative estimate of drug-likeness (QED) is 0.0195. The van der Waals surface area contributed by atoms with Gasteiger partial charge in [0.1, 0.15) is 19.8 Å². The summed E-state index contributed by atoms with van der Waals surface area (Å²) < 4.78 is 34.4. The second kappa shape index (κ2) is 71.8. The zero-order chi connectivity index (χ0) is 65.5. The molecule has 90 heavy (non-hydrogen) atoms. The van der Waals surface area contributed by atoms with Crippen LogP contribution in [-0.2, 0) is 32.7 Å². The summed E-state index contributed by atoms with van der Waals surface area (Å²) in [7, 11) is 1.20. The normalized spacial score (nSPS) is 13.1. The molecule has 2 unspecified atom stereocenters. The summed E-state index contributed by atoms with van der Waals surface area (Å²) in [5.41, 5.74) is 0. The monoisotopic (exact) mass is 1290 g/mol. The fourth-order valence-electron chi connectivity index (χ4n) is 12.3. The van der Waals surface area contributed by atoms with E-state index >= 15 is 0 Å². The lowest BCUT2D eigenvalue weighted by Gasteiger charge is -2.28. The average Bonchev–Trinajstić information content (AvgIpc) is 3.58. The van der Waals surface area contributed by atoms with Gasteiger partial charge >= 0.3 is 11.9 Å². The number of allylic oxidation sites excluding steroid dienone is 4. The van der Waals surface area contributed by atoms with Gasteiger partial charge < -0.3 is 27.9 Å². The van der Waals surface area contributed by atoms with Gasteiger partial charge in [0.25, 0.3) is 7.82 Å². The molecule has 534 valence electrons. The molecule has 0 saturated carbocycles. The molecule has 9 nitrogen and oxygen atoms in total. The molecule has 0 aromatic heterocycles. The van der Waals surface area contributed by atoms with E-state index in [1.54, 1.807) is 0 Å². The number of rotatable bonds is 76. The summed E-state index contributed by atoms with van der Waals surface area (Å²) in [6, 6.07) is 0. The first-order chi connectivity index (χ1) is 44.0. The first-order valence-electron chi connectivity index (χ1n) is 40.0. The Labute approximate surface area is 561 Å². The number of nitrogens with zero attached hydrogens (tertiary/aromatic N) is 1. The van der Waals surface area contributed by atoms with Gasteiger partial charge in [0, 0.05) is 12.8 Å². The van der Waals surface area contributed by atoms with Crippen molar-refractivity contribution in [1.82, 2.24) is 0 Å². The third-order valence-corrected chi connectivity index (χ3v) is 19.4. The van der Waals surface area contributed by atoms with Crippen molar-refractivity contribution in [2.75, 3.05) is 47.5 Å². The number of phosphoric ester groups is 1. The summed E-state index contributed by atoms with van der Waals surface area (Å²) in [5.74, 6) is -0.804. The van der Waals surface area contributed by atoms with Gasteiger partial charge in [-0.3, -0.25) is 14.2 Å². The minimum absolute atomic E-state index is 0.0260. The van der Waals surface area contributed by atoms with Gasteiger partial charge in [-0.25, -0.2) is 0 Å². The van der Waals surface area contributed by atoms with Gasteiger partial charge in [-0.1, -0.05) is 391 Å². The van der Waals surface area contributed by atoms with E-state index in [2.05, 4.69) is 38.2 Å². The highest BCUT2D eigenvalue weighted by Gasteiger charge is 2.22. The van der Waals surface area contributed by atoms with Crippen LogP contribution in [0, 0.1) is 0 Å². The van der Waals surface area contributed by atoms with Crippen molar-refractivity contribution >= 4 is 19.8 Å². The topological polar surface area (TPSA) is 111 Å². The van der Waals surface area contributed by atoms with Gasteiger partial charge in [-0.05, 0) is 44.9 Å². The fourth-order valence-corrected chi connectivity index (χ4v) is 13.1. The second-order valence-electron chi connectivity index (χ2n) is 28.8. The number of ether oxygens (including phenoxy) is 2. The lowest BCUT2D eigenvalue weighted by atomic mass is 10.0. The minimum atomic E-state index is -4.64. The number of carbonyl (C=O) groups excluding carboxylic acids is 2. The molecule has 10 heteroatoms. The Morgan fingerprint density at radius 3 is 0.878 bits per heavy atom. The number of quaternary nitrogens is 1. The van der Waals surface area contributed by atoms with E-state index < -0.39 is 26.5 Å². The maximum Gasteiger partial charge on any atom is 0.306 e. The van der Waals surface area contributed by atoms with Crippen molar-refractivity contribution in [1.29, 1.82) is 0 Å². The lowest BCUT2D eigenvalue weighted by Crippen LogP contribution is -2.37. The Bertz CT molecular complexity index is 1560. The molecule has 0 N–H and O–H groups in total. The van der Waals surface area contributed by atoms with E-state index in [9.17, 15) is 19.0 Å². The van der Waals surface area contributed by atoms with Crippen LogP contribution in [0.5, 0.6) is 0 Å². The molecule has 0 amide bonds. The van der Waals surface area contributed by atoms with Gasteiger partial charge in [0.05, 0.1) is 27.7 Å². The molecule has 0 rings (SSSR count). The minimum Gasteiger partial charge on any atom is -0.756 e. The summed E-state index contributed by atoms with van der Waals surface area (Å²) in [6.07, 6.45) is 91.7. The number of likely N-dealkylation sites (N-methyl/N-ethyl adjacent to an activating group) is 1. The van der Waals surface area contributed by atoms with Crippen molar-refractivity contribution in [3.05, 3.63) is 24.3 Å². The van der Waals surface area contributed by atoms with Gasteiger partial charge in [0.2, 0.25) is 0 Å². The molecular formula is C80H156NO8P. The van der Waals surface area contributed by atoms with Crippen molar-refractivity contribution in [2.45, 2.75) is 431 Å². The molecule has 0 fully saturated rings. The number of hydrogen-bond donors (Lipinski definition) is 0. The van der Waals surface area contributed by atoms with E-state index in [0.717, 1.165) is 38.5 Å². The van der Waals surface area contributed by atoms with E-state index in [-0.39, 0.29) is 32.0 Å². The molecule has 0 aliphatic rings. The second-order valence-corrected chi connectivity index (χ2v) is 30.2. The van der Waals surface area contributed by atoms with E-state index in [1.165, 1.54) is 353 Å². The molecular weight excluding hydrogens is 1130 g/mol. The standard InChI is InChI=1S/C80H156NO8P/c1-6-8-10-12-14-16-18-20-22-24-26-28-30-32-34-36-37-38-39-40-41-42-43-45-47-49-51-53-55-57-59-61-63-65-67-69-71-73-80(83)89-78(77-88-90(84,85)87-75-74-81(3,4)5)76-86-79(82)72-70-68-66-64-62-60-58-56-54-52-50-48-46-44-35-33-31-29-27-25-23-21-19-17-15-13-11-9-7-2/h18,20,24,26,78H,6-17,19,21-23,25,27-77H2,1-5H3/b20-18-,26-24-. The molecule has 0 aromatic carbocycles. The molecule has 2 atom stereocenters. The van der Waals surface area contributed by atoms with Gasteiger partial charge in [0.15, 0.2) is 6.10 Å². The molecule has 0 bridgehead atoms. The van der Waals surface area contributed by atoms with E-state index in [0.29, 0.717) is 17.4 Å². The zero-order valence-corrected chi connectivity index (χ0v) is 62.0. The third kappa shape index (κ3) is 75.5. The Morgan fingerprint density at radius 1 is 0.344 bits per heavy atom. The number of phosphoric acid groups is 1. The van der Waals surface area contributed by atoms with Crippen molar-refractivity contribution in [2.24, 2.45) is 0 Å². The van der Waals surface area contributed by atoms with E-state index in [1.807, 2.05) is 21.1 Å². The molecule has 0 aliphatic heterocycles. The highest BCUT2D eigenvalue weighted by molar-refractivity contribution is 7.45. The Kier molecular flexibility index (Phi) is 70.6. The number of esters is 2. The first kappa shape index (κ1) is 88.5. The Morgan fingerprint density at radius 2 is 0.600 bits per heavy atom. The molecule has 0 aromatic rings. The lowest BCUT2D eigenvalue weighted by molar-refractivity contribution is -0.870. The predicted octanol–water partition coefficient (Wildman–Crippen LogP) is 25.8. The van der Waals surface area contributed by atoms with Crippen molar-refractivity contribution in [3.63, 3.8) is 0 Å². The van der Waals surface area contributed by atoms with Crippen LogP contribution in [0.3, 0.4) is 0 Å². The van der Waals surface area contributed by atoms with Crippen LogP contribution in [0.1, 0.15) is 425 Å². The maximum absolute atomic E-state index is 12.9. The first-order valence-corrected chi connectivity index (χ1v) is 41.5. The fraction of sp³-hybridized carbons (Fsp3) is 0.925. The van der Waals surface area contributed by atoms with Crippen LogP contribution >= 0.6 is 7.82 Å². The van der Waals surface area contributed by atoms with E-state index in [4.69, 9.17) is 18.5 Å². The van der Waals surface area contributed by atoms with Crippen LogP contribution in [-0.4, -0.2) is 70.0 Å². The molecule has 0 aliphatic carbocycles. The maximum atomic E-state index is 12.9. The molecule has 0 radical (unpaired) electrons. The zero-order valence-electron chi connectivity index (χ0n) is 61.1. The molecule has 0 spiro atoms. The summed E-state index contributed by atoms with van der Waals surface area (Å²) in [6.45, 7) is 4.32. The third-order valence-electron chi connectivity index (χ3n) is 18.5. The highest BCUT2D eigenvalue weighted by Crippen LogP contribution is 2.38.